The smallest absolute Gasteiger partial charge is 0.141 e. The molecule has 2 nitrogen and oxygen atoms in total. The van der Waals surface area contributed by atoms with E-state index in [0.29, 0.717) is 10.7 Å². The molecule has 2 rings (SSSR count). The summed E-state index contributed by atoms with van der Waals surface area (Å²) in [5.74, 6) is 0.170. The molecule has 0 aliphatic rings. The minimum atomic E-state index is 0.170. The maximum atomic E-state index is 9.57. The molecule has 2 aromatic carbocycles. The van der Waals surface area contributed by atoms with Gasteiger partial charge in [-0.2, -0.15) is 0 Å². The lowest BCUT2D eigenvalue weighted by molar-refractivity contribution is 0.477. The number of para-hydroxylation sites is 2. The van der Waals surface area contributed by atoms with Crippen molar-refractivity contribution in [1.82, 2.24) is 0 Å². The third-order valence-electron chi connectivity index (χ3n) is 2.53. The lowest BCUT2D eigenvalue weighted by Gasteiger charge is -2.02. The first kappa shape index (κ1) is 11.7. The molecule has 0 aliphatic heterocycles. The molecule has 1 N–H and O–H groups in total. The van der Waals surface area contributed by atoms with Gasteiger partial charge in [0.25, 0.3) is 0 Å². The number of phenolic OH excluding ortho intramolecular Hbond substituents is 1. The summed E-state index contributed by atoms with van der Waals surface area (Å²) in [6, 6.07) is 12.6. The zero-order valence-electron chi connectivity index (χ0n) is 9.39. The Hall–Kier alpha value is -1.80. The van der Waals surface area contributed by atoms with Crippen LogP contribution in [0.2, 0.25) is 5.02 Å². The number of hydrogen-bond donors (Lipinski definition) is 1. The van der Waals surface area contributed by atoms with Crippen molar-refractivity contribution in [3.63, 3.8) is 0 Å². The number of nitrogens with zero attached hydrogens (tertiary/aromatic N) is 1. The van der Waals surface area contributed by atoms with Crippen LogP contribution in [0.1, 0.15) is 11.1 Å². The molecular formula is C14H12ClNO. The van der Waals surface area contributed by atoms with E-state index in [2.05, 4.69) is 4.99 Å². The van der Waals surface area contributed by atoms with Gasteiger partial charge in [0, 0.05) is 11.2 Å². The number of rotatable bonds is 2. The van der Waals surface area contributed by atoms with Crippen LogP contribution in [0.4, 0.5) is 5.69 Å². The van der Waals surface area contributed by atoms with Crippen LogP contribution in [-0.4, -0.2) is 11.3 Å². The first-order valence-electron chi connectivity index (χ1n) is 5.25. The quantitative estimate of drug-likeness (QED) is 0.794. The van der Waals surface area contributed by atoms with E-state index in [-0.39, 0.29) is 5.75 Å². The van der Waals surface area contributed by atoms with Crippen LogP contribution in [0.3, 0.4) is 0 Å². The Bertz CT molecular complexity index is 564. The van der Waals surface area contributed by atoms with E-state index in [0.717, 1.165) is 11.1 Å². The highest BCUT2D eigenvalue weighted by Gasteiger charge is 2.00. The van der Waals surface area contributed by atoms with Gasteiger partial charge in [-0.15, -0.1) is 0 Å². The van der Waals surface area contributed by atoms with Crippen LogP contribution < -0.4 is 0 Å². The number of aliphatic imine (C=N–C) groups is 1. The Morgan fingerprint density at radius 2 is 1.88 bits per heavy atom. The number of phenols is 1. The van der Waals surface area contributed by atoms with E-state index >= 15 is 0 Å². The number of benzene rings is 2. The van der Waals surface area contributed by atoms with Crippen molar-refractivity contribution in [2.45, 2.75) is 6.92 Å². The second kappa shape index (κ2) is 5.02. The molecule has 86 valence electrons. The fourth-order valence-electron chi connectivity index (χ4n) is 1.48. The Labute approximate surface area is 105 Å². The first-order chi connectivity index (χ1) is 8.18. The Morgan fingerprint density at radius 3 is 2.65 bits per heavy atom. The zero-order chi connectivity index (χ0) is 12.3. The van der Waals surface area contributed by atoms with Gasteiger partial charge in [0.1, 0.15) is 11.4 Å². The molecule has 0 saturated heterocycles. The van der Waals surface area contributed by atoms with Crippen LogP contribution in [0.25, 0.3) is 0 Å². The molecule has 0 unspecified atom stereocenters. The second-order valence-electron chi connectivity index (χ2n) is 3.70. The van der Waals surface area contributed by atoms with E-state index in [1.165, 1.54) is 0 Å². The van der Waals surface area contributed by atoms with Gasteiger partial charge in [0.15, 0.2) is 0 Å². The molecule has 0 fully saturated rings. The highest BCUT2D eigenvalue weighted by atomic mass is 35.5. The fraction of sp³-hybridized carbons (Fsp3) is 0.0714. The molecule has 0 aromatic heterocycles. The summed E-state index contributed by atoms with van der Waals surface area (Å²) in [6.07, 6.45) is 1.70. The minimum Gasteiger partial charge on any atom is -0.506 e. The molecule has 2 aromatic rings. The fourth-order valence-corrected chi connectivity index (χ4v) is 1.66. The average molecular weight is 246 g/mol. The highest BCUT2D eigenvalue weighted by molar-refractivity contribution is 6.31. The largest absolute Gasteiger partial charge is 0.506 e. The lowest BCUT2D eigenvalue weighted by Crippen LogP contribution is -1.87. The van der Waals surface area contributed by atoms with E-state index in [1.807, 2.05) is 31.2 Å². The van der Waals surface area contributed by atoms with Crippen molar-refractivity contribution in [1.29, 1.82) is 0 Å². The third kappa shape index (κ3) is 2.66. The first-order valence-corrected chi connectivity index (χ1v) is 5.63. The molecular weight excluding hydrogens is 234 g/mol. The zero-order valence-corrected chi connectivity index (χ0v) is 10.1. The van der Waals surface area contributed by atoms with Gasteiger partial charge in [-0.05, 0) is 36.2 Å². The standard InChI is InChI=1S/C14H12ClNO/c1-10-11(5-4-6-12(10)15)9-16-13-7-2-3-8-14(13)17/h2-9,17H,1H3/b16-9+. The van der Waals surface area contributed by atoms with Gasteiger partial charge in [0.2, 0.25) is 0 Å². The summed E-state index contributed by atoms with van der Waals surface area (Å²) in [5, 5.41) is 10.3. The second-order valence-corrected chi connectivity index (χ2v) is 4.11. The lowest BCUT2D eigenvalue weighted by atomic mass is 10.1. The molecule has 0 spiro atoms. The normalized spacial score (nSPS) is 10.9. The van der Waals surface area contributed by atoms with Gasteiger partial charge < -0.3 is 5.11 Å². The van der Waals surface area contributed by atoms with Crippen LogP contribution in [0.5, 0.6) is 5.75 Å². The van der Waals surface area contributed by atoms with Crippen LogP contribution in [-0.2, 0) is 0 Å². The highest BCUT2D eigenvalue weighted by Crippen LogP contribution is 2.25. The van der Waals surface area contributed by atoms with Gasteiger partial charge in [-0.25, -0.2) is 0 Å². The maximum absolute atomic E-state index is 9.57. The summed E-state index contributed by atoms with van der Waals surface area (Å²) >= 11 is 6.02. The van der Waals surface area contributed by atoms with E-state index in [1.54, 1.807) is 24.4 Å². The van der Waals surface area contributed by atoms with Crippen molar-refractivity contribution in [2.24, 2.45) is 4.99 Å². The van der Waals surface area contributed by atoms with Crippen molar-refractivity contribution in [3.8, 4) is 5.75 Å². The molecule has 0 atom stereocenters. The molecule has 0 aliphatic carbocycles. The summed E-state index contributed by atoms with van der Waals surface area (Å²) in [6.45, 7) is 1.94. The van der Waals surface area contributed by atoms with Crippen molar-refractivity contribution in [3.05, 3.63) is 58.6 Å². The SMILES string of the molecule is Cc1c(Cl)cccc1/C=N/c1ccccc1O. The van der Waals surface area contributed by atoms with Gasteiger partial charge in [-0.1, -0.05) is 35.9 Å². The minimum absolute atomic E-state index is 0.170. The summed E-state index contributed by atoms with van der Waals surface area (Å²) in [5.41, 5.74) is 2.47. The van der Waals surface area contributed by atoms with Crippen LogP contribution >= 0.6 is 11.6 Å². The Balaban J connectivity index is 2.33. The number of hydrogen-bond acceptors (Lipinski definition) is 2. The van der Waals surface area contributed by atoms with Crippen LogP contribution in [0, 0.1) is 6.92 Å². The summed E-state index contributed by atoms with van der Waals surface area (Å²) in [7, 11) is 0. The Kier molecular flexibility index (Phi) is 3.45. The number of aromatic hydroxyl groups is 1. The molecule has 0 bridgehead atoms. The maximum Gasteiger partial charge on any atom is 0.141 e. The van der Waals surface area contributed by atoms with Crippen molar-refractivity contribution >= 4 is 23.5 Å². The Morgan fingerprint density at radius 1 is 1.12 bits per heavy atom. The predicted octanol–water partition coefficient (Wildman–Crippen LogP) is 4.10. The molecule has 3 heteroatoms. The summed E-state index contributed by atoms with van der Waals surface area (Å²) in [4.78, 5) is 4.24. The third-order valence-corrected chi connectivity index (χ3v) is 2.94. The monoisotopic (exact) mass is 245 g/mol. The molecule has 0 saturated carbocycles. The van der Waals surface area contributed by atoms with Gasteiger partial charge >= 0.3 is 0 Å². The van der Waals surface area contributed by atoms with Crippen molar-refractivity contribution < 1.29 is 5.11 Å². The molecule has 0 amide bonds. The number of halogens is 1. The van der Waals surface area contributed by atoms with Gasteiger partial charge in [0.05, 0.1) is 0 Å². The molecule has 0 heterocycles. The molecule has 17 heavy (non-hydrogen) atoms. The van der Waals surface area contributed by atoms with Crippen molar-refractivity contribution in [2.75, 3.05) is 0 Å². The average Bonchev–Trinajstić information content (AvgIpc) is 2.33. The van der Waals surface area contributed by atoms with Gasteiger partial charge in [-0.3, -0.25) is 4.99 Å². The van der Waals surface area contributed by atoms with E-state index in [9.17, 15) is 5.11 Å². The van der Waals surface area contributed by atoms with E-state index in [4.69, 9.17) is 11.6 Å². The van der Waals surface area contributed by atoms with Crippen LogP contribution in [0.15, 0.2) is 47.5 Å². The topological polar surface area (TPSA) is 32.6 Å². The predicted molar refractivity (Wildman–Crippen MR) is 71.5 cm³/mol. The molecule has 0 radical (unpaired) electrons. The van der Waals surface area contributed by atoms with E-state index < -0.39 is 0 Å². The summed E-state index contributed by atoms with van der Waals surface area (Å²) < 4.78 is 0.